The lowest BCUT2D eigenvalue weighted by atomic mass is 10.1. The van der Waals surface area contributed by atoms with Gasteiger partial charge in [0.15, 0.2) is 0 Å². The molecule has 17 heavy (non-hydrogen) atoms. The van der Waals surface area contributed by atoms with Crippen molar-refractivity contribution in [1.82, 2.24) is 4.98 Å². The van der Waals surface area contributed by atoms with Crippen molar-refractivity contribution >= 4 is 22.6 Å². The van der Waals surface area contributed by atoms with Crippen LogP contribution in [0.2, 0.25) is 0 Å². The van der Waals surface area contributed by atoms with Gasteiger partial charge in [0.05, 0.1) is 28.5 Å². The minimum absolute atomic E-state index is 0.143. The lowest BCUT2D eigenvalue weighted by Crippen LogP contribution is -2.04. The second-order valence-corrected chi connectivity index (χ2v) is 3.28. The molecule has 6 nitrogen and oxygen atoms in total. The summed E-state index contributed by atoms with van der Waals surface area (Å²) in [5.41, 5.74) is 0.378. The van der Waals surface area contributed by atoms with Crippen LogP contribution in [0.3, 0.4) is 0 Å². The molecule has 0 N–H and O–H groups in total. The maximum Gasteiger partial charge on any atom is 0.338 e. The number of pyridine rings is 1. The van der Waals surface area contributed by atoms with Gasteiger partial charge in [-0.25, -0.2) is 4.79 Å². The molecule has 0 aliphatic rings. The number of fused-ring (bicyclic) bond motifs is 1. The van der Waals surface area contributed by atoms with Crippen molar-refractivity contribution in [3.63, 3.8) is 0 Å². The number of hydrogen-bond donors (Lipinski definition) is 0. The lowest BCUT2D eigenvalue weighted by molar-refractivity contribution is -0.383. The molecule has 0 radical (unpaired) electrons. The van der Waals surface area contributed by atoms with E-state index in [1.54, 1.807) is 6.07 Å². The third-order valence-corrected chi connectivity index (χ3v) is 2.35. The van der Waals surface area contributed by atoms with Crippen LogP contribution in [-0.4, -0.2) is 23.0 Å². The van der Waals surface area contributed by atoms with Crippen LogP contribution in [0.25, 0.3) is 10.9 Å². The summed E-state index contributed by atoms with van der Waals surface area (Å²) >= 11 is 0. The van der Waals surface area contributed by atoms with Gasteiger partial charge in [-0.15, -0.1) is 0 Å². The highest BCUT2D eigenvalue weighted by Gasteiger charge is 2.19. The summed E-state index contributed by atoms with van der Waals surface area (Å²) in [5.74, 6) is -0.619. The Labute approximate surface area is 96.0 Å². The number of nitro groups is 1. The van der Waals surface area contributed by atoms with Gasteiger partial charge in [-0.3, -0.25) is 15.1 Å². The van der Waals surface area contributed by atoms with Gasteiger partial charge < -0.3 is 4.74 Å². The molecule has 0 spiro atoms. The third-order valence-electron chi connectivity index (χ3n) is 2.35. The number of esters is 1. The van der Waals surface area contributed by atoms with Crippen molar-refractivity contribution in [1.29, 1.82) is 0 Å². The summed E-state index contributed by atoms with van der Waals surface area (Å²) in [5, 5.41) is 11.1. The van der Waals surface area contributed by atoms with Crippen molar-refractivity contribution in [2.75, 3.05) is 7.11 Å². The Morgan fingerprint density at radius 2 is 2.18 bits per heavy atom. The lowest BCUT2D eigenvalue weighted by Gasteiger charge is -2.04. The Bertz CT molecular complexity index is 604. The molecule has 0 saturated heterocycles. The molecule has 1 aromatic heterocycles. The molecule has 6 heteroatoms. The van der Waals surface area contributed by atoms with E-state index in [1.807, 2.05) is 0 Å². The molecule has 0 atom stereocenters. The minimum Gasteiger partial charge on any atom is -0.465 e. The zero-order chi connectivity index (χ0) is 12.4. The summed E-state index contributed by atoms with van der Waals surface area (Å²) in [6.45, 7) is 0. The van der Waals surface area contributed by atoms with Crippen LogP contribution < -0.4 is 0 Å². The van der Waals surface area contributed by atoms with Crippen LogP contribution in [-0.2, 0) is 4.74 Å². The van der Waals surface area contributed by atoms with Crippen molar-refractivity contribution in [2.24, 2.45) is 0 Å². The standard InChI is InChI=1S/C11H8N2O4/c1-17-11(14)7-5-6-12-8-3-2-4-9(10(7)8)13(15)16/h2-6H,1H3. The second kappa shape index (κ2) is 4.17. The molecule has 1 aromatic carbocycles. The highest BCUT2D eigenvalue weighted by Crippen LogP contribution is 2.27. The molecule has 0 bridgehead atoms. The van der Waals surface area contributed by atoms with Crippen LogP contribution in [0.5, 0.6) is 0 Å². The summed E-state index contributed by atoms with van der Waals surface area (Å²) in [6.07, 6.45) is 1.41. The molecule has 0 amide bonds. The van der Waals surface area contributed by atoms with Crippen LogP contribution >= 0.6 is 0 Å². The number of carbonyl (C=O) groups is 1. The number of carbonyl (C=O) groups excluding carboxylic acids is 1. The van der Waals surface area contributed by atoms with Crippen LogP contribution in [0, 0.1) is 10.1 Å². The van der Waals surface area contributed by atoms with Crippen LogP contribution in [0.4, 0.5) is 5.69 Å². The van der Waals surface area contributed by atoms with E-state index in [0.717, 1.165) is 0 Å². The van der Waals surface area contributed by atoms with Gasteiger partial charge in [0, 0.05) is 12.3 Å². The minimum atomic E-state index is -0.619. The predicted molar refractivity (Wildman–Crippen MR) is 59.7 cm³/mol. The van der Waals surface area contributed by atoms with E-state index in [0.29, 0.717) is 5.52 Å². The van der Waals surface area contributed by atoms with Crippen molar-refractivity contribution < 1.29 is 14.5 Å². The molecule has 0 fully saturated rings. The predicted octanol–water partition coefficient (Wildman–Crippen LogP) is 1.93. The Balaban J connectivity index is 2.85. The third kappa shape index (κ3) is 1.80. The fourth-order valence-corrected chi connectivity index (χ4v) is 1.62. The first-order valence-corrected chi connectivity index (χ1v) is 4.75. The first-order valence-electron chi connectivity index (χ1n) is 4.75. The SMILES string of the molecule is COC(=O)c1ccnc2cccc([N+](=O)[O-])c12. The van der Waals surface area contributed by atoms with E-state index in [1.165, 1.54) is 31.5 Å². The molecular weight excluding hydrogens is 224 g/mol. The van der Waals surface area contributed by atoms with Gasteiger partial charge in [0.25, 0.3) is 5.69 Å². The molecular formula is C11H8N2O4. The van der Waals surface area contributed by atoms with Gasteiger partial charge >= 0.3 is 5.97 Å². The number of rotatable bonds is 2. The van der Waals surface area contributed by atoms with E-state index < -0.39 is 10.9 Å². The number of aromatic nitrogens is 1. The molecule has 0 saturated carbocycles. The molecule has 0 aliphatic carbocycles. The Hall–Kier alpha value is -2.50. The van der Waals surface area contributed by atoms with Gasteiger partial charge in [0.2, 0.25) is 0 Å². The average molecular weight is 232 g/mol. The Morgan fingerprint density at radius 3 is 2.82 bits per heavy atom. The van der Waals surface area contributed by atoms with Gasteiger partial charge in [-0.2, -0.15) is 0 Å². The summed E-state index contributed by atoms with van der Waals surface area (Å²) in [4.78, 5) is 25.9. The maximum atomic E-state index is 11.5. The molecule has 2 aromatic rings. The van der Waals surface area contributed by atoms with Crippen LogP contribution in [0.15, 0.2) is 30.5 Å². The number of ether oxygens (including phenoxy) is 1. The number of nitro benzene ring substituents is 1. The van der Waals surface area contributed by atoms with E-state index >= 15 is 0 Å². The number of hydrogen-bond acceptors (Lipinski definition) is 5. The smallest absolute Gasteiger partial charge is 0.338 e. The Kier molecular flexibility index (Phi) is 2.70. The number of nitrogens with zero attached hydrogens (tertiary/aromatic N) is 2. The normalized spacial score (nSPS) is 10.2. The average Bonchev–Trinajstić information content (AvgIpc) is 2.36. The van der Waals surface area contributed by atoms with E-state index in [4.69, 9.17) is 0 Å². The number of benzene rings is 1. The van der Waals surface area contributed by atoms with E-state index in [9.17, 15) is 14.9 Å². The van der Waals surface area contributed by atoms with Gasteiger partial charge in [0.1, 0.15) is 0 Å². The molecule has 0 aliphatic heterocycles. The highest BCUT2D eigenvalue weighted by atomic mass is 16.6. The van der Waals surface area contributed by atoms with Gasteiger partial charge in [-0.1, -0.05) is 6.07 Å². The van der Waals surface area contributed by atoms with Crippen LogP contribution in [0.1, 0.15) is 10.4 Å². The zero-order valence-electron chi connectivity index (χ0n) is 8.91. The van der Waals surface area contributed by atoms with Crippen molar-refractivity contribution in [2.45, 2.75) is 0 Å². The first kappa shape index (κ1) is 11.0. The number of non-ortho nitro benzene ring substituents is 1. The van der Waals surface area contributed by atoms with E-state index in [2.05, 4.69) is 9.72 Å². The summed E-state index contributed by atoms with van der Waals surface area (Å²) in [7, 11) is 1.23. The molecule has 86 valence electrons. The molecule has 1 heterocycles. The maximum absolute atomic E-state index is 11.5. The topological polar surface area (TPSA) is 82.3 Å². The largest absolute Gasteiger partial charge is 0.465 e. The Morgan fingerprint density at radius 1 is 1.41 bits per heavy atom. The molecule has 0 unspecified atom stereocenters. The zero-order valence-corrected chi connectivity index (χ0v) is 8.91. The quantitative estimate of drug-likeness (QED) is 0.448. The molecule has 2 rings (SSSR count). The van der Waals surface area contributed by atoms with E-state index in [-0.39, 0.29) is 16.6 Å². The summed E-state index contributed by atoms with van der Waals surface area (Å²) < 4.78 is 4.59. The van der Waals surface area contributed by atoms with Gasteiger partial charge in [-0.05, 0) is 12.1 Å². The monoisotopic (exact) mass is 232 g/mol. The summed E-state index contributed by atoms with van der Waals surface area (Å²) in [6, 6.07) is 5.86. The van der Waals surface area contributed by atoms with Crippen molar-refractivity contribution in [3.05, 3.63) is 46.1 Å². The van der Waals surface area contributed by atoms with Crippen molar-refractivity contribution in [3.8, 4) is 0 Å². The fourth-order valence-electron chi connectivity index (χ4n) is 1.62. The highest BCUT2D eigenvalue weighted by molar-refractivity contribution is 6.06. The second-order valence-electron chi connectivity index (χ2n) is 3.28. The fraction of sp³-hybridized carbons (Fsp3) is 0.0909. The first-order chi connectivity index (χ1) is 8.15. The number of methoxy groups -OCH3 is 1.